The van der Waals surface area contributed by atoms with Gasteiger partial charge in [0, 0.05) is 22.9 Å². The molecule has 0 amide bonds. The number of hydrogen-bond donors (Lipinski definition) is 0. The second-order valence-corrected chi connectivity index (χ2v) is 11.5. The molecule has 0 fully saturated rings. The molecular weight excluding hydrogens is 506 g/mol. The zero-order chi connectivity index (χ0) is 27.0. The van der Waals surface area contributed by atoms with Gasteiger partial charge in [-0.2, -0.15) is 21.2 Å². The van der Waals surface area contributed by atoms with E-state index in [0.29, 0.717) is 0 Å². The quantitative estimate of drug-likeness (QED) is 0.526. The Bertz CT molecular complexity index is 1350. The molecule has 36 heavy (non-hydrogen) atoms. The molecule has 0 radical (unpaired) electrons. The highest BCUT2D eigenvalue weighted by molar-refractivity contribution is 7.90. The average Bonchev–Trinajstić information content (AvgIpc) is 3.00. The molecule has 2 aromatic carbocycles. The molecule has 0 saturated carbocycles. The van der Waals surface area contributed by atoms with Crippen LogP contribution >= 0.6 is 0 Å². The number of nitrogens with zero attached hydrogens (tertiary/aromatic N) is 3. The number of allylic oxidation sites excluding steroid dienone is 1. The first kappa shape index (κ1) is 29.0. The summed E-state index contributed by atoms with van der Waals surface area (Å²) < 4.78 is 54.0. The van der Waals surface area contributed by atoms with Crippen molar-refractivity contribution in [2.45, 2.75) is 38.1 Å². The molecule has 12 heteroatoms. The number of hydrogen-bond acceptors (Lipinski definition) is 7. The molecule has 0 saturated heterocycles. The second kappa shape index (κ2) is 12.2. The lowest BCUT2D eigenvalue weighted by atomic mass is 10.2. The molecule has 2 aliphatic rings. The van der Waals surface area contributed by atoms with Gasteiger partial charge in [0.15, 0.2) is 0 Å². The van der Waals surface area contributed by atoms with E-state index < -0.39 is 32.1 Å². The Balaban J connectivity index is 0.000000193. The van der Waals surface area contributed by atoms with E-state index in [1.807, 2.05) is 0 Å². The summed E-state index contributed by atoms with van der Waals surface area (Å²) in [5, 5.41) is 21.3. The summed E-state index contributed by atoms with van der Waals surface area (Å²) in [5.41, 5.74) is 1.60. The highest BCUT2D eigenvalue weighted by Gasteiger charge is 2.22. The van der Waals surface area contributed by atoms with Crippen LogP contribution in [-0.4, -0.2) is 53.8 Å². The average molecular weight is 537 g/mol. The van der Waals surface area contributed by atoms with Crippen molar-refractivity contribution in [2.24, 2.45) is 8.80 Å². The van der Waals surface area contributed by atoms with Gasteiger partial charge in [0.25, 0.3) is 10.0 Å². The van der Waals surface area contributed by atoms with Gasteiger partial charge >= 0.3 is 10.3 Å². The van der Waals surface area contributed by atoms with Crippen molar-refractivity contribution in [3.8, 4) is 0 Å². The van der Waals surface area contributed by atoms with E-state index in [0.717, 1.165) is 17.1 Å². The Hall–Kier alpha value is -3.22. The SMILES string of the molecule is CC1=CC([O-])=NS(=O)(=O)O1.CCCC[N+](C)(C)Cc1ccccc1.O=S1(=O)N=C([O-])c2ccccc21. The summed E-state index contributed by atoms with van der Waals surface area (Å²) >= 11 is 0. The number of unbranched alkanes of at least 4 members (excludes halogenated alkanes) is 1. The summed E-state index contributed by atoms with van der Waals surface area (Å²) in [4.78, 5) is 0.00926. The molecular formula is C24H30N3O7S2-. The van der Waals surface area contributed by atoms with Gasteiger partial charge in [0.05, 0.1) is 25.5 Å². The lowest BCUT2D eigenvalue weighted by Gasteiger charge is -2.29. The van der Waals surface area contributed by atoms with Crippen LogP contribution in [0.1, 0.15) is 37.8 Å². The van der Waals surface area contributed by atoms with Crippen molar-refractivity contribution in [2.75, 3.05) is 20.6 Å². The molecule has 0 aromatic heterocycles. The first-order valence-electron chi connectivity index (χ1n) is 11.1. The van der Waals surface area contributed by atoms with Gasteiger partial charge in [-0.05, 0) is 25.5 Å². The van der Waals surface area contributed by atoms with Crippen LogP contribution in [0.25, 0.3) is 0 Å². The number of quaternary nitrogens is 1. The van der Waals surface area contributed by atoms with Crippen LogP contribution in [0.5, 0.6) is 0 Å². The predicted molar refractivity (Wildman–Crippen MR) is 133 cm³/mol. The van der Waals surface area contributed by atoms with Gasteiger partial charge in [0.1, 0.15) is 12.3 Å². The van der Waals surface area contributed by atoms with E-state index in [9.17, 15) is 27.0 Å². The van der Waals surface area contributed by atoms with Gasteiger partial charge in [-0.25, -0.2) is 0 Å². The topological polar surface area (TPSA) is 148 Å². The summed E-state index contributed by atoms with van der Waals surface area (Å²) in [6, 6.07) is 16.7. The predicted octanol–water partition coefficient (Wildman–Crippen LogP) is 1.48. The molecule has 0 atom stereocenters. The van der Waals surface area contributed by atoms with Crippen molar-refractivity contribution in [3.05, 3.63) is 77.6 Å². The first-order valence-corrected chi connectivity index (χ1v) is 13.9. The van der Waals surface area contributed by atoms with E-state index in [1.54, 1.807) is 12.1 Å². The Morgan fingerprint density at radius 1 is 0.917 bits per heavy atom. The van der Waals surface area contributed by atoms with E-state index in [-0.39, 0.29) is 16.2 Å². The van der Waals surface area contributed by atoms with Crippen LogP contribution in [-0.2, 0) is 31.1 Å². The molecule has 2 aromatic rings. The minimum atomic E-state index is -3.97. The van der Waals surface area contributed by atoms with Gasteiger partial charge in [-0.3, -0.25) is 0 Å². The van der Waals surface area contributed by atoms with Gasteiger partial charge in [-0.1, -0.05) is 61.9 Å². The highest BCUT2D eigenvalue weighted by Crippen LogP contribution is 2.23. The zero-order valence-corrected chi connectivity index (χ0v) is 22.3. The fourth-order valence-corrected chi connectivity index (χ4v) is 5.13. The van der Waals surface area contributed by atoms with Crippen molar-refractivity contribution in [1.29, 1.82) is 0 Å². The minimum Gasteiger partial charge on any atom is -0.858 e. The van der Waals surface area contributed by atoms with Crippen molar-refractivity contribution < 1.29 is 35.7 Å². The number of rotatable bonds is 5. The summed E-state index contributed by atoms with van der Waals surface area (Å²) in [7, 11) is -3.04. The third-order valence-corrected chi connectivity index (χ3v) is 7.13. The summed E-state index contributed by atoms with van der Waals surface area (Å²) in [5.74, 6) is -1.44. The third-order valence-electron chi connectivity index (χ3n) is 4.93. The molecule has 0 bridgehead atoms. The van der Waals surface area contributed by atoms with E-state index >= 15 is 0 Å². The lowest BCUT2D eigenvalue weighted by molar-refractivity contribution is -0.903. The molecule has 0 unspecified atom stereocenters. The van der Waals surface area contributed by atoms with Crippen molar-refractivity contribution in [3.63, 3.8) is 0 Å². The fraction of sp³-hybridized carbons (Fsp3) is 0.333. The smallest absolute Gasteiger partial charge is 0.427 e. The van der Waals surface area contributed by atoms with Gasteiger partial charge < -0.3 is 18.9 Å². The number of benzene rings is 2. The first-order chi connectivity index (χ1) is 16.7. The van der Waals surface area contributed by atoms with E-state index in [2.05, 4.69) is 64.3 Å². The second-order valence-electron chi connectivity index (χ2n) is 8.72. The maximum Gasteiger partial charge on any atom is 0.427 e. The Morgan fingerprint density at radius 3 is 2.08 bits per heavy atom. The van der Waals surface area contributed by atoms with E-state index in [4.69, 9.17) is 0 Å². The van der Waals surface area contributed by atoms with Crippen molar-refractivity contribution in [1.82, 2.24) is 0 Å². The van der Waals surface area contributed by atoms with Gasteiger partial charge in [-0.15, -0.1) is 4.40 Å². The lowest BCUT2D eigenvalue weighted by Crippen LogP contribution is -2.39. The Kier molecular flexibility index (Phi) is 9.79. The van der Waals surface area contributed by atoms with Crippen LogP contribution in [0.15, 0.2) is 80.1 Å². The third kappa shape index (κ3) is 9.10. The maximum atomic E-state index is 11.1. The monoisotopic (exact) mass is 536 g/mol. The summed E-state index contributed by atoms with van der Waals surface area (Å²) in [6.45, 7) is 6.03. The largest absolute Gasteiger partial charge is 0.858 e. The minimum absolute atomic E-state index is 0.00926. The highest BCUT2D eigenvalue weighted by atomic mass is 32.2. The normalized spacial score (nSPS) is 16.9. The standard InChI is InChI=1S/C13H22N.C7H5NO3S.C4H5NO4S/c1-4-5-11-14(2,3)12-13-9-7-6-8-10-13;9-7-5-3-1-2-4-6(5)12(10,11)8-7;1-3-2-4(6)5-10(7,8)9-3/h6-10H,4-5,11-12H2,1-3H3;1-4H,(H,8,9);2H,1H3,(H,5,6)/q+1;;/p-2. The maximum absolute atomic E-state index is 11.1. The van der Waals surface area contributed by atoms with Crippen LogP contribution in [0.3, 0.4) is 0 Å². The Labute approximate surface area is 212 Å². The Morgan fingerprint density at radius 2 is 1.53 bits per heavy atom. The summed E-state index contributed by atoms with van der Waals surface area (Å²) in [6.07, 6.45) is 3.61. The molecule has 0 spiro atoms. The number of sulfonamides is 1. The molecule has 0 aliphatic carbocycles. The van der Waals surface area contributed by atoms with Crippen LogP contribution in [0.4, 0.5) is 0 Å². The van der Waals surface area contributed by atoms with Crippen LogP contribution < -0.4 is 10.2 Å². The molecule has 0 N–H and O–H groups in total. The van der Waals surface area contributed by atoms with Crippen LogP contribution in [0.2, 0.25) is 0 Å². The number of fused-ring (bicyclic) bond motifs is 1. The van der Waals surface area contributed by atoms with Gasteiger partial charge in [0.2, 0.25) is 0 Å². The molecule has 10 nitrogen and oxygen atoms in total. The molecule has 4 rings (SSSR count). The van der Waals surface area contributed by atoms with E-state index in [1.165, 1.54) is 44.0 Å². The molecule has 196 valence electrons. The van der Waals surface area contributed by atoms with Crippen LogP contribution in [0, 0.1) is 0 Å². The zero-order valence-electron chi connectivity index (χ0n) is 20.6. The fourth-order valence-electron chi connectivity index (χ4n) is 3.34. The van der Waals surface area contributed by atoms with Crippen molar-refractivity contribution >= 4 is 32.1 Å². The molecule has 2 heterocycles. The molecule has 2 aliphatic heterocycles.